The normalized spacial score (nSPS) is 12.8. The number of nitrogens with zero attached hydrogens (tertiary/aromatic N) is 3. The van der Waals surface area contributed by atoms with E-state index in [1.807, 2.05) is 26.8 Å². The number of rotatable bonds is 5. The maximum atomic E-state index is 11.4. The molecule has 0 aromatic carbocycles. The van der Waals surface area contributed by atoms with Crippen molar-refractivity contribution in [1.82, 2.24) is 15.5 Å². The van der Waals surface area contributed by atoms with Crippen LogP contribution >= 0.6 is 0 Å². The number of nitrogens with one attached hydrogen (secondary N) is 1. The Morgan fingerprint density at radius 2 is 2.21 bits per heavy atom. The molecular weight excluding hydrogens is 244 g/mol. The molecule has 0 radical (unpaired) electrons. The van der Waals surface area contributed by atoms with Gasteiger partial charge >= 0.3 is 0 Å². The van der Waals surface area contributed by atoms with Crippen LogP contribution in [0.2, 0.25) is 0 Å². The lowest BCUT2D eigenvalue weighted by Crippen LogP contribution is -2.31. The zero-order valence-corrected chi connectivity index (χ0v) is 11.9. The summed E-state index contributed by atoms with van der Waals surface area (Å²) in [6.07, 6.45) is 1.53. The van der Waals surface area contributed by atoms with Gasteiger partial charge in [0.05, 0.1) is 6.07 Å². The van der Waals surface area contributed by atoms with Gasteiger partial charge in [0.25, 0.3) is 0 Å². The molecule has 0 aliphatic heterocycles. The summed E-state index contributed by atoms with van der Waals surface area (Å²) in [5, 5.41) is 15.1. The van der Waals surface area contributed by atoms with Crippen LogP contribution in [0.15, 0.2) is 4.52 Å². The van der Waals surface area contributed by atoms with Crippen LogP contribution in [0.25, 0.3) is 0 Å². The summed E-state index contributed by atoms with van der Waals surface area (Å²) in [7, 11) is 0. The quantitative estimate of drug-likeness (QED) is 0.874. The fourth-order valence-corrected chi connectivity index (χ4v) is 1.41. The summed E-state index contributed by atoms with van der Waals surface area (Å²) in [5.74, 6) is 1.08. The van der Waals surface area contributed by atoms with Crippen LogP contribution in [0.5, 0.6) is 0 Å². The molecule has 1 atom stereocenters. The third-order valence-electron chi connectivity index (χ3n) is 2.50. The Kier molecular flexibility index (Phi) is 5.04. The average molecular weight is 264 g/mol. The van der Waals surface area contributed by atoms with Gasteiger partial charge in [-0.05, 0) is 13.3 Å². The zero-order valence-electron chi connectivity index (χ0n) is 11.9. The summed E-state index contributed by atoms with van der Waals surface area (Å²) in [4.78, 5) is 15.7. The predicted octanol–water partition coefficient (Wildman–Crippen LogP) is 1.72. The predicted molar refractivity (Wildman–Crippen MR) is 69.2 cm³/mol. The number of aromatic nitrogens is 2. The molecule has 1 N–H and O–H groups in total. The van der Waals surface area contributed by atoms with Crippen molar-refractivity contribution in [1.29, 1.82) is 5.26 Å². The van der Waals surface area contributed by atoms with E-state index in [4.69, 9.17) is 9.78 Å². The van der Waals surface area contributed by atoms with Gasteiger partial charge in [-0.2, -0.15) is 10.2 Å². The molecular formula is C13H20N4O2. The molecule has 1 rings (SSSR count). The van der Waals surface area contributed by atoms with E-state index in [1.165, 1.54) is 0 Å². The molecule has 1 amide bonds. The number of hydrogen-bond donors (Lipinski definition) is 1. The number of aryl methyl sites for hydroxylation is 1. The van der Waals surface area contributed by atoms with Gasteiger partial charge in [0.15, 0.2) is 5.82 Å². The standard InChI is InChI=1S/C13H20N4O2/c1-9(8-14)15-10(18)6-5-7-11-16-12(17-19-11)13(2,3)4/h9H,5-7H2,1-4H3,(H,15,18). The molecule has 0 aliphatic rings. The first-order valence-electron chi connectivity index (χ1n) is 6.35. The maximum absolute atomic E-state index is 11.4. The maximum Gasteiger partial charge on any atom is 0.226 e. The molecule has 1 aromatic heterocycles. The van der Waals surface area contributed by atoms with Crippen molar-refractivity contribution in [3.63, 3.8) is 0 Å². The van der Waals surface area contributed by atoms with Crippen molar-refractivity contribution >= 4 is 5.91 Å². The summed E-state index contributed by atoms with van der Waals surface area (Å²) < 4.78 is 5.13. The van der Waals surface area contributed by atoms with Crippen LogP contribution in [0.3, 0.4) is 0 Å². The summed E-state index contributed by atoms with van der Waals surface area (Å²) in [6.45, 7) is 7.68. The molecule has 1 aromatic rings. The number of carbonyl (C=O) groups is 1. The first-order valence-corrected chi connectivity index (χ1v) is 6.35. The lowest BCUT2D eigenvalue weighted by atomic mass is 9.96. The lowest BCUT2D eigenvalue weighted by Gasteiger charge is -2.10. The molecule has 1 unspecified atom stereocenters. The van der Waals surface area contributed by atoms with E-state index in [0.29, 0.717) is 31.0 Å². The van der Waals surface area contributed by atoms with Gasteiger partial charge in [-0.15, -0.1) is 0 Å². The molecule has 104 valence electrons. The third kappa shape index (κ3) is 5.08. The van der Waals surface area contributed by atoms with Crippen molar-refractivity contribution < 1.29 is 9.32 Å². The van der Waals surface area contributed by atoms with Crippen LogP contribution in [0.4, 0.5) is 0 Å². The van der Waals surface area contributed by atoms with Crippen molar-refractivity contribution in [2.45, 2.75) is 58.4 Å². The van der Waals surface area contributed by atoms with Crippen molar-refractivity contribution in [2.24, 2.45) is 0 Å². The zero-order chi connectivity index (χ0) is 14.5. The second kappa shape index (κ2) is 6.32. The molecule has 19 heavy (non-hydrogen) atoms. The van der Waals surface area contributed by atoms with E-state index < -0.39 is 6.04 Å². The van der Waals surface area contributed by atoms with Crippen molar-refractivity contribution in [3.8, 4) is 6.07 Å². The summed E-state index contributed by atoms with van der Waals surface area (Å²) >= 11 is 0. The molecule has 0 bridgehead atoms. The fourth-order valence-electron chi connectivity index (χ4n) is 1.41. The molecule has 0 saturated carbocycles. The van der Waals surface area contributed by atoms with E-state index in [2.05, 4.69) is 15.5 Å². The molecule has 0 spiro atoms. The van der Waals surface area contributed by atoms with Crippen molar-refractivity contribution in [2.75, 3.05) is 0 Å². The average Bonchev–Trinajstić information content (AvgIpc) is 2.77. The van der Waals surface area contributed by atoms with Gasteiger partial charge in [-0.1, -0.05) is 25.9 Å². The highest BCUT2D eigenvalue weighted by atomic mass is 16.5. The van der Waals surface area contributed by atoms with Crippen LogP contribution in [0, 0.1) is 11.3 Å². The van der Waals surface area contributed by atoms with E-state index >= 15 is 0 Å². The minimum Gasteiger partial charge on any atom is -0.341 e. The molecule has 0 fully saturated rings. The topological polar surface area (TPSA) is 91.8 Å². The Labute approximate surface area is 113 Å². The second-order valence-corrected chi connectivity index (χ2v) is 5.53. The third-order valence-corrected chi connectivity index (χ3v) is 2.50. The first kappa shape index (κ1) is 15.2. The Morgan fingerprint density at radius 1 is 1.53 bits per heavy atom. The largest absolute Gasteiger partial charge is 0.341 e. The summed E-state index contributed by atoms with van der Waals surface area (Å²) in [6, 6.07) is 1.50. The minimum absolute atomic E-state index is 0.135. The Balaban J connectivity index is 2.36. The van der Waals surface area contributed by atoms with Crippen molar-refractivity contribution in [3.05, 3.63) is 11.7 Å². The Morgan fingerprint density at radius 3 is 2.74 bits per heavy atom. The SMILES string of the molecule is CC(C#N)NC(=O)CCCc1nc(C(C)(C)C)no1. The number of hydrogen-bond acceptors (Lipinski definition) is 5. The van der Waals surface area contributed by atoms with Crippen LogP contribution in [-0.2, 0) is 16.6 Å². The Bertz CT molecular complexity index is 468. The van der Waals surface area contributed by atoms with Gasteiger partial charge in [0, 0.05) is 18.3 Å². The van der Waals surface area contributed by atoms with Crippen LogP contribution in [0.1, 0.15) is 52.3 Å². The number of nitriles is 1. The van der Waals surface area contributed by atoms with Gasteiger partial charge in [0.1, 0.15) is 6.04 Å². The van der Waals surface area contributed by atoms with E-state index in [-0.39, 0.29) is 11.3 Å². The van der Waals surface area contributed by atoms with Gasteiger partial charge in [-0.25, -0.2) is 0 Å². The lowest BCUT2D eigenvalue weighted by molar-refractivity contribution is -0.121. The van der Waals surface area contributed by atoms with E-state index in [1.54, 1.807) is 6.92 Å². The molecule has 1 heterocycles. The minimum atomic E-state index is -0.455. The molecule has 6 nitrogen and oxygen atoms in total. The van der Waals surface area contributed by atoms with E-state index in [9.17, 15) is 4.79 Å². The van der Waals surface area contributed by atoms with Gasteiger partial charge in [0.2, 0.25) is 11.8 Å². The number of amides is 1. The second-order valence-electron chi connectivity index (χ2n) is 5.53. The molecule has 0 saturated heterocycles. The van der Waals surface area contributed by atoms with E-state index in [0.717, 1.165) is 0 Å². The van der Waals surface area contributed by atoms with Gasteiger partial charge in [-0.3, -0.25) is 4.79 Å². The highest BCUT2D eigenvalue weighted by molar-refractivity contribution is 5.76. The Hall–Kier alpha value is -1.90. The van der Waals surface area contributed by atoms with Gasteiger partial charge < -0.3 is 9.84 Å². The van der Waals surface area contributed by atoms with Crippen LogP contribution < -0.4 is 5.32 Å². The summed E-state index contributed by atoms with van der Waals surface area (Å²) in [5.41, 5.74) is -0.138. The highest BCUT2D eigenvalue weighted by Gasteiger charge is 2.20. The monoisotopic (exact) mass is 264 g/mol. The smallest absolute Gasteiger partial charge is 0.226 e. The highest BCUT2D eigenvalue weighted by Crippen LogP contribution is 2.18. The van der Waals surface area contributed by atoms with Crippen LogP contribution in [-0.4, -0.2) is 22.1 Å². The number of carbonyl (C=O) groups excluding carboxylic acids is 1. The molecule has 0 aliphatic carbocycles. The molecule has 6 heteroatoms. The first-order chi connectivity index (χ1) is 8.82. The fraction of sp³-hybridized carbons (Fsp3) is 0.692.